The molecule has 0 bridgehead atoms. The van der Waals surface area contributed by atoms with Crippen LogP contribution in [0.15, 0.2) is 34.0 Å². The fourth-order valence-electron chi connectivity index (χ4n) is 2.94. The Balaban J connectivity index is 1.39. The summed E-state index contributed by atoms with van der Waals surface area (Å²) in [5.41, 5.74) is 0.769. The summed E-state index contributed by atoms with van der Waals surface area (Å²) in [4.78, 5) is 21.0. The molecule has 0 aromatic rings. The van der Waals surface area contributed by atoms with E-state index in [0.29, 0.717) is 22.8 Å². The first-order valence-electron chi connectivity index (χ1n) is 8.70. The van der Waals surface area contributed by atoms with Gasteiger partial charge in [0.2, 0.25) is 0 Å². The zero-order chi connectivity index (χ0) is 16.4. The summed E-state index contributed by atoms with van der Waals surface area (Å²) in [5, 5.41) is 0.578. The van der Waals surface area contributed by atoms with E-state index in [9.17, 15) is 4.79 Å². The predicted molar refractivity (Wildman–Crippen MR) is 95.6 cm³/mol. The minimum Gasteiger partial charge on any atom is -0.493 e. The Hall–Kier alpha value is -1.40. The molecule has 6 heteroatoms. The van der Waals surface area contributed by atoms with Crippen molar-refractivity contribution in [2.45, 2.75) is 30.9 Å². The highest BCUT2D eigenvalue weighted by molar-refractivity contribution is 8.00. The fourth-order valence-corrected chi connectivity index (χ4v) is 3.98. The Labute approximate surface area is 146 Å². The molecule has 2 aliphatic carbocycles. The van der Waals surface area contributed by atoms with Crippen LogP contribution in [0.5, 0.6) is 0 Å². The lowest BCUT2D eigenvalue weighted by atomic mass is 9.96. The van der Waals surface area contributed by atoms with Crippen molar-refractivity contribution in [2.24, 2.45) is 21.8 Å². The Morgan fingerprint density at radius 1 is 1.21 bits per heavy atom. The van der Waals surface area contributed by atoms with Crippen molar-refractivity contribution in [3.63, 3.8) is 0 Å². The maximum atomic E-state index is 12.3. The van der Waals surface area contributed by atoms with Crippen LogP contribution in [0.3, 0.4) is 0 Å². The van der Waals surface area contributed by atoms with Crippen molar-refractivity contribution in [1.29, 1.82) is 0 Å². The average molecular weight is 346 g/mol. The van der Waals surface area contributed by atoms with Crippen molar-refractivity contribution in [3.8, 4) is 0 Å². The average Bonchev–Trinajstić information content (AvgIpc) is 3.43. The highest BCUT2D eigenvalue weighted by atomic mass is 32.2. The molecule has 1 amide bonds. The number of thioether (sulfide) groups is 1. The van der Waals surface area contributed by atoms with E-state index in [1.807, 2.05) is 30.0 Å². The van der Waals surface area contributed by atoms with Crippen LogP contribution in [0, 0.1) is 11.8 Å². The molecule has 2 heterocycles. The van der Waals surface area contributed by atoms with Gasteiger partial charge in [0.05, 0.1) is 18.1 Å². The highest BCUT2D eigenvalue weighted by Gasteiger charge is 2.29. The molecule has 0 aromatic carbocycles. The number of amidine groups is 1. The number of carbonyl (C=O) groups is 1. The summed E-state index contributed by atoms with van der Waals surface area (Å²) in [5.74, 6) is 2.38. The van der Waals surface area contributed by atoms with Gasteiger partial charge in [0, 0.05) is 24.5 Å². The van der Waals surface area contributed by atoms with Crippen molar-refractivity contribution in [3.05, 3.63) is 24.0 Å². The zero-order valence-electron chi connectivity index (χ0n) is 13.6. The lowest BCUT2D eigenvalue weighted by Gasteiger charge is -2.23. The summed E-state index contributed by atoms with van der Waals surface area (Å²) in [6, 6.07) is 0. The van der Waals surface area contributed by atoms with Crippen molar-refractivity contribution in [1.82, 2.24) is 0 Å². The molecule has 2 aliphatic heterocycles. The van der Waals surface area contributed by atoms with E-state index in [0.717, 1.165) is 44.1 Å². The number of rotatable bonds is 6. The zero-order valence-corrected chi connectivity index (χ0v) is 14.5. The molecule has 5 nitrogen and oxygen atoms in total. The second-order valence-corrected chi connectivity index (χ2v) is 7.95. The van der Waals surface area contributed by atoms with E-state index < -0.39 is 0 Å². The minimum atomic E-state index is -0.338. The van der Waals surface area contributed by atoms with Gasteiger partial charge in [0.1, 0.15) is 17.5 Å². The Kier molecular flexibility index (Phi) is 4.85. The van der Waals surface area contributed by atoms with Crippen LogP contribution in [0.1, 0.15) is 25.7 Å². The molecule has 1 saturated heterocycles. The molecule has 0 aromatic heterocycles. The van der Waals surface area contributed by atoms with Gasteiger partial charge in [-0.15, -0.1) is 0 Å². The van der Waals surface area contributed by atoms with E-state index >= 15 is 0 Å². The van der Waals surface area contributed by atoms with Gasteiger partial charge in [0.25, 0.3) is 5.91 Å². The van der Waals surface area contributed by atoms with Gasteiger partial charge < -0.3 is 9.47 Å². The van der Waals surface area contributed by atoms with Crippen LogP contribution in [-0.4, -0.2) is 48.3 Å². The third-order valence-corrected chi connectivity index (χ3v) is 5.99. The highest BCUT2D eigenvalue weighted by Crippen LogP contribution is 2.30. The smallest absolute Gasteiger partial charge is 0.260 e. The van der Waals surface area contributed by atoms with Gasteiger partial charge in [-0.05, 0) is 37.7 Å². The number of allylic oxidation sites excluding steroid dienone is 2. The number of ether oxygens (including phenoxy) is 2. The van der Waals surface area contributed by atoms with Gasteiger partial charge in [-0.3, -0.25) is 4.79 Å². The number of hydrogen-bond acceptors (Lipinski definition) is 5. The molecule has 1 atom stereocenters. The second-order valence-electron chi connectivity index (χ2n) is 6.66. The van der Waals surface area contributed by atoms with Gasteiger partial charge in [-0.1, -0.05) is 6.08 Å². The molecule has 0 N–H and O–H groups in total. The second kappa shape index (κ2) is 7.23. The molecule has 1 saturated carbocycles. The van der Waals surface area contributed by atoms with E-state index in [1.54, 1.807) is 0 Å². The monoisotopic (exact) mass is 346 g/mol. The number of aliphatic imine (C=N–C) groups is 2. The lowest BCUT2D eigenvalue weighted by molar-refractivity contribution is -0.118. The number of hydrogen-bond donors (Lipinski definition) is 0. The van der Waals surface area contributed by atoms with E-state index in [-0.39, 0.29) is 11.8 Å². The number of fused-ring (bicyclic) bond motifs is 1. The molecule has 0 radical (unpaired) electrons. The summed E-state index contributed by atoms with van der Waals surface area (Å²) < 4.78 is 11.2. The Morgan fingerprint density at radius 2 is 2.04 bits per heavy atom. The molecule has 2 fully saturated rings. The van der Waals surface area contributed by atoms with E-state index in [1.165, 1.54) is 12.8 Å². The van der Waals surface area contributed by atoms with Crippen molar-refractivity contribution >= 4 is 29.2 Å². The van der Waals surface area contributed by atoms with E-state index in [2.05, 4.69) is 9.98 Å². The van der Waals surface area contributed by atoms with E-state index in [4.69, 9.17) is 9.47 Å². The van der Waals surface area contributed by atoms with Crippen LogP contribution < -0.4 is 0 Å². The number of carbonyl (C=O) groups excluding carboxylic acids is 1. The van der Waals surface area contributed by atoms with Gasteiger partial charge >= 0.3 is 0 Å². The molecule has 1 unspecified atom stereocenters. The Bertz CT molecular complexity index is 628. The predicted octanol–water partition coefficient (Wildman–Crippen LogP) is 2.77. The van der Waals surface area contributed by atoms with Gasteiger partial charge in [-0.2, -0.15) is 16.8 Å². The molecule has 4 rings (SSSR count). The summed E-state index contributed by atoms with van der Waals surface area (Å²) in [6.45, 7) is 2.42. The summed E-state index contributed by atoms with van der Waals surface area (Å²) in [7, 11) is 0. The largest absolute Gasteiger partial charge is 0.493 e. The lowest BCUT2D eigenvalue weighted by Crippen LogP contribution is -2.29. The maximum Gasteiger partial charge on any atom is 0.260 e. The first-order valence-corrected chi connectivity index (χ1v) is 9.75. The fraction of sp³-hybridized carbons (Fsp3) is 0.611. The SMILES string of the molecule is O=C1N=C(CSC2CCOCC2)N=C2C=C(OCC3CC3)C=CC12. The van der Waals surface area contributed by atoms with Crippen molar-refractivity contribution in [2.75, 3.05) is 25.6 Å². The van der Waals surface area contributed by atoms with Crippen LogP contribution in [0.25, 0.3) is 0 Å². The van der Waals surface area contributed by atoms with Crippen LogP contribution >= 0.6 is 11.8 Å². The van der Waals surface area contributed by atoms with Crippen molar-refractivity contribution < 1.29 is 14.3 Å². The van der Waals surface area contributed by atoms with Gasteiger partial charge in [0.15, 0.2) is 0 Å². The third kappa shape index (κ3) is 3.98. The number of nitrogens with zero attached hydrogens (tertiary/aromatic N) is 2. The van der Waals surface area contributed by atoms with Crippen LogP contribution in [0.4, 0.5) is 0 Å². The molecular weight excluding hydrogens is 324 g/mol. The topological polar surface area (TPSA) is 60.2 Å². The first-order chi connectivity index (χ1) is 11.8. The summed E-state index contributed by atoms with van der Waals surface area (Å²) >= 11 is 1.83. The molecule has 4 aliphatic rings. The molecule has 128 valence electrons. The van der Waals surface area contributed by atoms with Crippen LogP contribution in [0.2, 0.25) is 0 Å². The van der Waals surface area contributed by atoms with Gasteiger partial charge in [-0.25, -0.2) is 4.99 Å². The number of amides is 1. The Morgan fingerprint density at radius 3 is 2.83 bits per heavy atom. The quantitative estimate of drug-likeness (QED) is 0.742. The first kappa shape index (κ1) is 16.1. The maximum absolute atomic E-state index is 12.3. The molecular formula is C18H22N2O3S. The normalized spacial score (nSPS) is 27.2. The summed E-state index contributed by atoms with van der Waals surface area (Å²) in [6.07, 6.45) is 10.3. The molecule has 24 heavy (non-hydrogen) atoms. The standard InChI is InChI=1S/C18H22N2O3S/c21-18-15-4-3-13(23-10-12-1-2-12)9-16(15)19-17(20-18)11-24-14-5-7-22-8-6-14/h3-4,9,12,14-15H,1-2,5-8,10-11H2. The molecule has 0 spiro atoms. The minimum absolute atomic E-state index is 0.115. The third-order valence-electron chi connectivity index (χ3n) is 4.62. The van der Waals surface area contributed by atoms with Crippen LogP contribution in [-0.2, 0) is 14.3 Å².